The van der Waals surface area contributed by atoms with Gasteiger partial charge in [-0.25, -0.2) is 0 Å². The van der Waals surface area contributed by atoms with Gasteiger partial charge in [0.05, 0.1) is 41.7 Å². The predicted octanol–water partition coefficient (Wildman–Crippen LogP) is 1.53. The third-order valence-corrected chi connectivity index (χ3v) is 10.1. The molecule has 0 radical (unpaired) electrons. The van der Waals surface area contributed by atoms with E-state index in [4.69, 9.17) is 23.7 Å². The van der Waals surface area contributed by atoms with Gasteiger partial charge in [-0.15, -0.1) is 0 Å². The van der Waals surface area contributed by atoms with Crippen molar-refractivity contribution >= 4 is 35.1 Å². The number of carbonyl (C=O) groups excluding carboxylic acids is 6. The molecule has 0 bridgehead atoms. The van der Waals surface area contributed by atoms with E-state index in [1.807, 2.05) is 0 Å². The summed E-state index contributed by atoms with van der Waals surface area (Å²) in [6.07, 6.45) is -5.67. The van der Waals surface area contributed by atoms with E-state index in [1.54, 1.807) is 13.8 Å². The van der Waals surface area contributed by atoms with Crippen LogP contribution in [0.15, 0.2) is 35.4 Å². The summed E-state index contributed by atoms with van der Waals surface area (Å²) in [7, 11) is 0. The van der Waals surface area contributed by atoms with Crippen molar-refractivity contribution in [3.8, 4) is 22.6 Å². The highest BCUT2D eigenvalue weighted by Crippen LogP contribution is 2.65. The van der Waals surface area contributed by atoms with Gasteiger partial charge in [-0.1, -0.05) is 0 Å². The number of hydrogen-bond donors (Lipinski definition) is 2. The number of epoxide rings is 1. The Balaban J connectivity index is 1.16. The molecule has 0 amide bonds. The van der Waals surface area contributed by atoms with Crippen LogP contribution in [0.3, 0.4) is 0 Å². The Bertz CT molecular complexity index is 1960. The summed E-state index contributed by atoms with van der Waals surface area (Å²) in [5.74, 6) is -4.91. The normalized spacial score (nSPS) is 37.1. The number of phenolic OH excluding ortho intramolecular Hbond substituents is 2. The zero-order chi connectivity index (χ0) is 31.5. The van der Waals surface area contributed by atoms with E-state index in [1.165, 1.54) is 24.3 Å². The van der Waals surface area contributed by atoms with E-state index in [9.17, 15) is 39.0 Å². The van der Waals surface area contributed by atoms with Crippen LogP contribution in [0.1, 0.15) is 68.1 Å². The molecule has 4 fully saturated rings. The summed E-state index contributed by atoms with van der Waals surface area (Å²) in [5.41, 5.74) is -4.16. The van der Waals surface area contributed by atoms with Gasteiger partial charge in [0.15, 0.2) is 29.4 Å². The van der Waals surface area contributed by atoms with Crippen molar-refractivity contribution in [3.63, 3.8) is 0 Å². The largest absolute Gasteiger partial charge is 0.507 e. The number of ether oxygens (including phenoxy) is 5. The summed E-state index contributed by atoms with van der Waals surface area (Å²) in [5, 5.41) is 22.2. The fraction of sp³-hybridized carbons (Fsp3) is 0.375. The number of phenols is 2. The van der Waals surface area contributed by atoms with Gasteiger partial charge < -0.3 is 33.9 Å². The molecule has 0 spiro atoms. The Morgan fingerprint density at radius 2 is 1.33 bits per heavy atom. The molecule has 4 saturated heterocycles. The van der Waals surface area contributed by atoms with E-state index in [0.29, 0.717) is 0 Å². The molecule has 2 aromatic carbocycles. The Morgan fingerprint density at radius 3 is 2.07 bits per heavy atom. The summed E-state index contributed by atoms with van der Waals surface area (Å²) in [6, 6.07) is 5.09. The van der Waals surface area contributed by atoms with Gasteiger partial charge >= 0.3 is 11.9 Å². The maximum Gasteiger partial charge on any atom is 0.309 e. The van der Waals surface area contributed by atoms with Gasteiger partial charge in [0, 0.05) is 16.7 Å². The number of carbonyl (C=O) groups is 6. The van der Waals surface area contributed by atoms with E-state index in [2.05, 4.69) is 0 Å². The van der Waals surface area contributed by atoms with Gasteiger partial charge in [-0.3, -0.25) is 28.8 Å². The summed E-state index contributed by atoms with van der Waals surface area (Å²) in [4.78, 5) is 79.6. The Morgan fingerprint density at radius 1 is 0.689 bits per heavy atom. The molecule has 7 aliphatic rings. The van der Waals surface area contributed by atoms with Crippen molar-refractivity contribution in [2.75, 3.05) is 0 Å². The minimum atomic E-state index is -1.82. The number of Topliss-reactive ketones (excluding diaryl/α,β-unsaturated/α-hetero) is 4. The molecular weight excluding hydrogens is 592 g/mol. The highest BCUT2D eigenvalue weighted by atomic mass is 16.7. The molecule has 228 valence electrons. The number of rotatable bonds is 1. The van der Waals surface area contributed by atoms with Crippen LogP contribution in [-0.4, -0.2) is 93.1 Å². The van der Waals surface area contributed by atoms with Gasteiger partial charge in [0.1, 0.15) is 23.7 Å². The number of hydrogen-bond acceptors (Lipinski definition) is 13. The van der Waals surface area contributed by atoms with Gasteiger partial charge in [-0.2, -0.15) is 0 Å². The van der Waals surface area contributed by atoms with Gasteiger partial charge in [-0.05, 0) is 49.2 Å². The summed E-state index contributed by atoms with van der Waals surface area (Å²) in [6.45, 7) is 3.15. The molecule has 0 aromatic heterocycles. The standard InChI is InChI=1S/C32H22O13/c1-9-21-24(27-17(41-9)7-19(35)43-27)26(38)22-13(25(21)37)3-11(5-15(22)33)12-4-14-23(16(34)6-12)29(40)32-30-18(8-20(36)44-30)42-10(2)31(32,45-32)28(14)39/h3-6,9-10,17-18,27,30,33-34H,7-8H2,1-2H3/t9-,10+,17+,18-,27-,30+,31+,32+/m0/s1. The third kappa shape index (κ3) is 2.94. The minimum Gasteiger partial charge on any atom is -0.507 e. The summed E-state index contributed by atoms with van der Waals surface area (Å²) < 4.78 is 28.4. The second kappa shape index (κ2) is 8.10. The monoisotopic (exact) mass is 614 g/mol. The molecule has 2 N–H and O–H groups in total. The average molecular weight is 615 g/mol. The van der Waals surface area contributed by atoms with Crippen LogP contribution in [0.2, 0.25) is 0 Å². The number of ketones is 4. The Kier molecular flexibility index (Phi) is 4.80. The molecule has 5 heterocycles. The highest BCUT2D eigenvalue weighted by Gasteiger charge is 2.90. The maximum atomic E-state index is 14.1. The smallest absolute Gasteiger partial charge is 0.309 e. The molecule has 45 heavy (non-hydrogen) atoms. The SMILES string of the molecule is C[C@@H]1O[C@@H]2CC(=O)O[C@@H]2C2=C1C(=O)c1cc(-c3cc(O)c4c(c3)C(=O)[C@@]35O[C@]3(C4=O)[C@@H]3OC(=O)C[C@@H]3O[C@@H]5C)cc(O)c1C2=O. The molecular formula is C32H22O13. The first-order valence-corrected chi connectivity index (χ1v) is 14.5. The van der Waals surface area contributed by atoms with Crippen molar-refractivity contribution in [2.24, 2.45) is 0 Å². The number of esters is 2. The molecule has 13 nitrogen and oxygen atoms in total. The lowest BCUT2D eigenvalue weighted by Gasteiger charge is -2.38. The quantitative estimate of drug-likeness (QED) is 0.347. The van der Waals surface area contributed by atoms with E-state index >= 15 is 0 Å². The van der Waals surface area contributed by atoms with Crippen LogP contribution in [0.5, 0.6) is 11.5 Å². The Labute approximate surface area is 252 Å². The van der Waals surface area contributed by atoms with E-state index in [0.717, 1.165) is 0 Å². The summed E-state index contributed by atoms with van der Waals surface area (Å²) >= 11 is 0. The molecule has 0 unspecified atom stereocenters. The van der Waals surface area contributed by atoms with Crippen molar-refractivity contribution in [3.05, 3.63) is 57.7 Å². The fourth-order valence-electron chi connectivity index (χ4n) is 8.24. The van der Waals surface area contributed by atoms with Crippen molar-refractivity contribution in [2.45, 2.75) is 74.5 Å². The van der Waals surface area contributed by atoms with Crippen LogP contribution in [0.4, 0.5) is 0 Å². The zero-order valence-corrected chi connectivity index (χ0v) is 23.6. The molecule has 13 heteroatoms. The van der Waals surface area contributed by atoms with Crippen LogP contribution in [0.25, 0.3) is 11.1 Å². The van der Waals surface area contributed by atoms with Crippen LogP contribution < -0.4 is 0 Å². The highest BCUT2D eigenvalue weighted by molar-refractivity contribution is 6.30. The first-order chi connectivity index (χ1) is 21.4. The lowest BCUT2D eigenvalue weighted by Crippen LogP contribution is -2.63. The molecule has 2 aliphatic carbocycles. The number of fused-ring (bicyclic) bond motifs is 5. The fourth-order valence-corrected chi connectivity index (χ4v) is 8.24. The first kappa shape index (κ1) is 26.7. The third-order valence-electron chi connectivity index (χ3n) is 10.1. The molecule has 2 aromatic rings. The molecule has 0 saturated carbocycles. The van der Waals surface area contributed by atoms with Gasteiger partial charge in [0.25, 0.3) is 0 Å². The van der Waals surface area contributed by atoms with Crippen molar-refractivity contribution < 1.29 is 62.7 Å². The first-order valence-electron chi connectivity index (χ1n) is 14.5. The van der Waals surface area contributed by atoms with Crippen LogP contribution >= 0.6 is 0 Å². The van der Waals surface area contributed by atoms with Crippen molar-refractivity contribution in [1.29, 1.82) is 0 Å². The van der Waals surface area contributed by atoms with E-state index < -0.39 is 94.4 Å². The van der Waals surface area contributed by atoms with E-state index in [-0.39, 0.29) is 57.4 Å². The second-order valence-electron chi connectivity index (χ2n) is 12.4. The topological polar surface area (TPSA) is 192 Å². The lowest BCUT2D eigenvalue weighted by atomic mass is 9.66. The maximum absolute atomic E-state index is 14.1. The molecule has 9 rings (SSSR count). The zero-order valence-electron chi connectivity index (χ0n) is 23.6. The van der Waals surface area contributed by atoms with Crippen LogP contribution in [-0.2, 0) is 33.3 Å². The average Bonchev–Trinajstić information content (AvgIpc) is 3.42. The predicted molar refractivity (Wildman–Crippen MR) is 144 cm³/mol. The lowest BCUT2D eigenvalue weighted by molar-refractivity contribution is -0.146. The van der Waals surface area contributed by atoms with Crippen LogP contribution in [0, 0.1) is 0 Å². The number of aromatic hydroxyl groups is 2. The molecule has 8 atom stereocenters. The second-order valence-corrected chi connectivity index (χ2v) is 12.4. The number of benzene rings is 2. The van der Waals surface area contributed by atoms with Crippen molar-refractivity contribution in [1.82, 2.24) is 0 Å². The molecule has 5 aliphatic heterocycles. The van der Waals surface area contributed by atoms with Gasteiger partial charge in [0.2, 0.25) is 17.2 Å². The minimum absolute atomic E-state index is 0.0209. The Hall–Kier alpha value is -4.72.